The number of carboxylic acids is 1. The standard InChI is InChI=1S/C15H18N2O8/c18-11(14(20)16-23)6-13(19)24-8-10-3-4-12(25-10)17-5-1-2-9(7-17)15(21)22/h1,5,7,10-12,18H,2-4,6,8H2,(H,21,22). The molecule has 2 aliphatic heterocycles. The number of rotatable bonds is 7. The Morgan fingerprint density at radius 1 is 1.40 bits per heavy atom. The Labute approximate surface area is 142 Å². The summed E-state index contributed by atoms with van der Waals surface area (Å²) >= 11 is 0. The summed E-state index contributed by atoms with van der Waals surface area (Å²) in [4.78, 5) is 44.9. The van der Waals surface area contributed by atoms with Crippen LogP contribution < -0.4 is 0 Å². The zero-order valence-electron chi connectivity index (χ0n) is 13.2. The van der Waals surface area contributed by atoms with Gasteiger partial charge in [0.15, 0.2) is 0 Å². The molecule has 1 amide bonds. The largest absolute Gasteiger partial charge is 0.478 e. The van der Waals surface area contributed by atoms with Crippen molar-refractivity contribution in [2.75, 3.05) is 6.61 Å². The molecule has 3 unspecified atom stereocenters. The van der Waals surface area contributed by atoms with Crippen molar-refractivity contribution in [2.45, 2.75) is 44.1 Å². The summed E-state index contributed by atoms with van der Waals surface area (Å²) < 4.78 is 10.6. The van der Waals surface area contributed by atoms with E-state index in [1.54, 1.807) is 17.2 Å². The van der Waals surface area contributed by atoms with Crippen LogP contribution in [0.4, 0.5) is 0 Å². The third kappa shape index (κ3) is 5.19. The summed E-state index contributed by atoms with van der Waals surface area (Å²) in [7, 11) is 0. The SMILES string of the molecule is O=NC(=O)C(O)CC(=O)OCC1CCC(N2C=CCC(C(=O)O)=C2)O1. The molecule has 0 radical (unpaired) electrons. The fourth-order valence-electron chi connectivity index (χ4n) is 2.48. The normalized spacial score (nSPS) is 23.7. The molecular weight excluding hydrogens is 336 g/mol. The van der Waals surface area contributed by atoms with E-state index in [0.717, 1.165) is 0 Å². The van der Waals surface area contributed by atoms with E-state index in [1.165, 1.54) is 6.20 Å². The summed E-state index contributed by atoms with van der Waals surface area (Å²) in [5.74, 6) is -3.16. The molecule has 10 heteroatoms. The van der Waals surface area contributed by atoms with Crippen molar-refractivity contribution in [3.8, 4) is 0 Å². The average Bonchev–Trinajstić information content (AvgIpc) is 3.08. The number of ether oxygens (including phenoxy) is 2. The summed E-state index contributed by atoms with van der Waals surface area (Å²) in [6.07, 6.45) is 3.32. The highest BCUT2D eigenvalue weighted by Crippen LogP contribution is 2.26. The van der Waals surface area contributed by atoms with Crippen LogP contribution in [0.2, 0.25) is 0 Å². The molecule has 0 saturated carbocycles. The predicted molar refractivity (Wildman–Crippen MR) is 81.6 cm³/mol. The first-order chi connectivity index (χ1) is 11.9. The quantitative estimate of drug-likeness (QED) is 0.486. The Hall–Kier alpha value is -2.59. The van der Waals surface area contributed by atoms with E-state index in [0.29, 0.717) is 19.3 Å². The number of carbonyl (C=O) groups excluding carboxylic acids is 2. The maximum absolute atomic E-state index is 11.5. The molecule has 2 N–H and O–H groups in total. The first-order valence-electron chi connectivity index (χ1n) is 7.65. The lowest BCUT2D eigenvalue weighted by Crippen LogP contribution is -2.30. The Morgan fingerprint density at radius 3 is 2.84 bits per heavy atom. The topological polar surface area (TPSA) is 143 Å². The predicted octanol–water partition coefficient (Wildman–Crippen LogP) is 0.267. The molecule has 25 heavy (non-hydrogen) atoms. The molecule has 2 heterocycles. The molecule has 0 aromatic rings. The van der Waals surface area contributed by atoms with Crippen LogP contribution in [-0.2, 0) is 23.9 Å². The molecule has 0 aliphatic carbocycles. The van der Waals surface area contributed by atoms with Gasteiger partial charge >= 0.3 is 17.8 Å². The number of aliphatic carboxylic acids is 1. The van der Waals surface area contributed by atoms with E-state index in [2.05, 4.69) is 0 Å². The molecule has 0 spiro atoms. The summed E-state index contributed by atoms with van der Waals surface area (Å²) in [5.41, 5.74) is 0.253. The highest BCUT2D eigenvalue weighted by atomic mass is 16.6. The van der Waals surface area contributed by atoms with Crippen molar-refractivity contribution < 1.29 is 34.1 Å². The Bertz CT molecular complexity index is 615. The number of nitroso groups, excluding NO2 is 1. The van der Waals surface area contributed by atoms with Crippen molar-refractivity contribution >= 4 is 17.8 Å². The fraction of sp³-hybridized carbons (Fsp3) is 0.533. The number of nitrogens with zero attached hydrogens (tertiary/aromatic N) is 2. The van der Waals surface area contributed by atoms with E-state index < -0.39 is 30.4 Å². The van der Waals surface area contributed by atoms with Crippen LogP contribution in [0.25, 0.3) is 0 Å². The molecule has 1 saturated heterocycles. The van der Waals surface area contributed by atoms with E-state index in [4.69, 9.17) is 14.6 Å². The molecule has 0 aromatic carbocycles. The highest BCUT2D eigenvalue weighted by molar-refractivity contribution is 5.87. The number of hydrogen-bond acceptors (Lipinski definition) is 8. The Balaban J connectivity index is 1.77. The minimum absolute atomic E-state index is 0.0716. The molecular formula is C15H18N2O8. The number of aliphatic hydroxyl groups excluding tert-OH is 1. The van der Waals surface area contributed by atoms with Crippen molar-refractivity contribution in [3.63, 3.8) is 0 Å². The van der Waals surface area contributed by atoms with Gasteiger partial charge in [0.25, 0.3) is 0 Å². The third-order valence-electron chi connectivity index (χ3n) is 3.78. The highest BCUT2D eigenvalue weighted by Gasteiger charge is 2.30. The van der Waals surface area contributed by atoms with Gasteiger partial charge in [0, 0.05) is 24.0 Å². The van der Waals surface area contributed by atoms with Gasteiger partial charge in [-0.05, 0) is 12.8 Å². The van der Waals surface area contributed by atoms with Crippen LogP contribution >= 0.6 is 0 Å². The van der Waals surface area contributed by atoms with Gasteiger partial charge in [0.2, 0.25) is 0 Å². The second-order valence-corrected chi connectivity index (χ2v) is 5.62. The number of hydrogen-bond donors (Lipinski definition) is 2. The molecule has 2 aliphatic rings. The van der Waals surface area contributed by atoms with Crippen molar-refractivity contribution in [2.24, 2.45) is 5.18 Å². The smallest absolute Gasteiger partial charge is 0.333 e. The number of allylic oxidation sites excluding steroid dienone is 1. The molecule has 10 nitrogen and oxygen atoms in total. The van der Waals surface area contributed by atoms with Crippen LogP contribution in [-0.4, -0.2) is 58.0 Å². The summed E-state index contributed by atoms with van der Waals surface area (Å²) in [5, 5.41) is 20.3. The van der Waals surface area contributed by atoms with Gasteiger partial charge in [-0.1, -0.05) is 6.08 Å². The Morgan fingerprint density at radius 2 is 2.16 bits per heavy atom. The maximum Gasteiger partial charge on any atom is 0.333 e. The third-order valence-corrected chi connectivity index (χ3v) is 3.78. The van der Waals surface area contributed by atoms with Crippen molar-refractivity contribution in [1.82, 2.24) is 4.90 Å². The minimum atomic E-state index is -1.81. The first-order valence-corrected chi connectivity index (χ1v) is 7.65. The van der Waals surface area contributed by atoms with E-state index in [-0.39, 0.29) is 24.5 Å². The van der Waals surface area contributed by atoms with Gasteiger partial charge in [-0.15, -0.1) is 4.91 Å². The molecule has 2 rings (SSSR count). The van der Waals surface area contributed by atoms with E-state index >= 15 is 0 Å². The molecule has 1 fully saturated rings. The van der Waals surface area contributed by atoms with Gasteiger partial charge in [-0.3, -0.25) is 9.59 Å². The maximum atomic E-state index is 11.5. The number of amides is 1. The number of esters is 1. The van der Waals surface area contributed by atoms with Gasteiger partial charge in [-0.25, -0.2) is 4.79 Å². The molecule has 0 aromatic heterocycles. The molecule has 3 atom stereocenters. The van der Waals surface area contributed by atoms with Crippen LogP contribution in [0.3, 0.4) is 0 Å². The fourth-order valence-corrected chi connectivity index (χ4v) is 2.48. The lowest BCUT2D eigenvalue weighted by atomic mass is 10.1. The van der Waals surface area contributed by atoms with E-state index in [9.17, 15) is 24.4 Å². The molecule has 0 bridgehead atoms. The molecule has 136 valence electrons. The minimum Gasteiger partial charge on any atom is -0.478 e. The van der Waals surface area contributed by atoms with E-state index in [1.807, 2.05) is 5.18 Å². The zero-order chi connectivity index (χ0) is 18.4. The van der Waals surface area contributed by atoms with Crippen molar-refractivity contribution in [1.29, 1.82) is 0 Å². The number of aliphatic hydroxyl groups is 1. The first kappa shape index (κ1) is 18.7. The van der Waals surface area contributed by atoms with Crippen LogP contribution in [0, 0.1) is 4.91 Å². The lowest BCUT2D eigenvalue weighted by Gasteiger charge is -2.26. The summed E-state index contributed by atoms with van der Waals surface area (Å²) in [6, 6.07) is 0. The number of carbonyl (C=O) groups is 3. The van der Waals surface area contributed by atoms with Gasteiger partial charge in [0.05, 0.1) is 18.1 Å². The second kappa shape index (κ2) is 8.49. The van der Waals surface area contributed by atoms with Gasteiger partial charge < -0.3 is 24.6 Å². The van der Waals surface area contributed by atoms with Crippen LogP contribution in [0.15, 0.2) is 29.2 Å². The lowest BCUT2D eigenvalue weighted by molar-refractivity contribution is -0.152. The van der Waals surface area contributed by atoms with Crippen LogP contribution in [0.1, 0.15) is 25.7 Å². The van der Waals surface area contributed by atoms with Crippen molar-refractivity contribution in [3.05, 3.63) is 29.0 Å². The number of carboxylic acid groups (broad SMARTS) is 1. The van der Waals surface area contributed by atoms with Gasteiger partial charge in [-0.2, -0.15) is 0 Å². The average molecular weight is 354 g/mol. The zero-order valence-corrected chi connectivity index (χ0v) is 13.2. The van der Waals surface area contributed by atoms with Gasteiger partial charge in [0.1, 0.15) is 18.9 Å². The Kier molecular flexibility index (Phi) is 6.37. The van der Waals surface area contributed by atoms with Crippen LogP contribution in [0.5, 0.6) is 0 Å². The second-order valence-electron chi connectivity index (χ2n) is 5.62. The monoisotopic (exact) mass is 354 g/mol. The summed E-state index contributed by atoms with van der Waals surface area (Å²) in [6.45, 7) is -0.0716.